The summed E-state index contributed by atoms with van der Waals surface area (Å²) in [5, 5.41) is 6.66. The number of nitrogens with zero attached hydrogens (tertiary/aromatic N) is 4. The van der Waals surface area contributed by atoms with Gasteiger partial charge in [-0.2, -0.15) is 5.10 Å². The Labute approximate surface area is 154 Å². The number of ether oxygens (including phenoxy) is 3. The highest BCUT2D eigenvalue weighted by atomic mass is 16.5. The summed E-state index contributed by atoms with van der Waals surface area (Å²) in [7, 11) is 4.60. The van der Waals surface area contributed by atoms with Crippen molar-refractivity contribution < 1.29 is 19.0 Å². The molecule has 4 rings (SSSR count). The Kier molecular flexibility index (Phi) is 4.11. The lowest BCUT2D eigenvalue weighted by Gasteiger charge is -2.13. The van der Waals surface area contributed by atoms with E-state index in [1.807, 2.05) is 0 Å². The molecule has 0 atom stereocenters. The average molecular weight is 367 g/mol. The highest BCUT2D eigenvalue weighted by Gasteiger charge is 2.32. The van der Waals surface area contributed by atoms with Crippen LogP contribution in [0.3, 0.4) is 0 Å². The van der Waals surface area contributed by atoms with Crippen LogP contribution in [-0.4, -0.2) is 47.4 Å². The quantitative estimate of drug-likeness (QED) is 0.736. The van der Waals surface area contributed by atoms with Crippen LogP contribution < -0.4 is 19.1 Å². The number of pyridine rings is 2. The normalized spacial score (nSPS) is 12.9. The summed E-state index contributed by atoms with van der Waals surface area (Å²) in [5.41, 5.74) is 3.26. The fourth-order valence-electron chi connectivity index (χ4n) is 3.02. The molecule has 0 saturated carbocycles. The van der Waals surface area contributed by atoms with Crippen LogP contribution in [0, 0.1) is 0 Å². The first-order valence-electron chi connectivity index (χ1n) is 8.13. The Bertz CT molecular complexity index is 1020. The van der Waals surface area contributed by atoms with Crippen molar-refractivity contribution in [3.63, 3.8) is 0 Å². The molecule has 0 radical (unpaired) electrons. The number of hydrogen-bond donors (Lipinski definition) is 1. The van der Waals surface area contributed by atoms with Gasteiger partial charge in [0.05, 0.1) is 51.0 Å². The fraction of sp³-hybridized carbons (Fsp3) is 0.222. The molecule has 1 aliphatic rings. The third-order valence-electron chi connectivity index (χ3n) is 4.37. The number of aromatic nitrogens is 4. The van der Waals surface area contributed by atoms with Crippen LogP contribution in [0.25, 0.3) is 11.3 Å². The second kappa shape index (κ2) is 6.60. The van der Waals surface area contributed by atoms with Gasteiger partial charge in [-0.05, 0) is 18.2 Å². The van der Waals surface area contributed by atoms with Gasteiger partial charge in [0.15, 0.2) is 5.75 Å². The standard InChI is InChI=1S/C18H17N5O4/c1-25-15-6-10(7-19-17(15)27-3)12-5-4-11-13(21-12)9-23(18(11)24)14-8-20-22-16(14)26-2/h4-8H,9H2,1-3H3,(H,20,22). The van der Waals surface area contributed by atoms with Crippen LogP contribution in [0.15, 0.2) is 30.6 Å². The average Bonchev–Trinajstić information content (AvgIpc) is 3.31. The number of hydrogen-bond acceptors (Lipinski definition) is 7. The Balaban J connectivity index is 1.69. The summed E-state index contributed by atoms with van der Waals surface area (Å²) >= 11 is 0. The van der Waals surface area contributed by atoms with E-state index in [9.17, 15) is 4.79 Å². The molecule has 1 N–H and O–H groups in total. The molecule has 1 aliphatic heterocycles. The van der Waals surface area contributed by atoms with Crippen LogP contribution >= 0.6 is 0 Å². The van der Waals surface area contributed by atoms with E-state index in [2.05, 4.69) is 20.2 Å². The van der Waals surface area contributed by atoms with E-state index in [0.717, 1.165) is 5.56 Å². The maximum Gasteiger partial charge on any atom is 0.260 e. The first-order valence-corrected chi connectivity index (χ1v) is 8.13. The van der Waals surface area contributed by atoms with Gasteiger partial charge in [-0.25, -0.2) is 10.1 Å². The third-order valence-corrected chi connectivity index (χ3v) is 4.37. The van der Waals surface area contributed by atoms with Gasteiger partial charge in [-0.3, -0.25) is 14.7 Å². The monoisotopic (exact) mass is 367 g/mol. The molecule has 0 aliphatic carbocycles. The molecule has 1 amide bonds. The molecular weight excluding hydrogens is 350 g/mol. The molecule has 0 spiro atoms. The topological polar surface area (TPSA) is 102 Å². The van der Waals surface area contributed by atoms with Crippen molar-refractivity contribution in [2.24, 2.45) is 0 Å². The lowest BCUT2D eigenvalue weighted by molar-refractivity contribution is 0.0996. The predicted octanol–water partition coefficient (Wildman–Crippen LogP) is 2.05. The fourth-order valence-corrected chi connectivity index (χ4v) is 3.02. The number of H-pyrrole nitrogens is 1. The second-order valence-corrected chi connectivity index (χ2v) is 5.81. The Morgan fingerprint density at radius 2 is 1.96 bits per heavy atom. The molecule has 0 saturated heterocycles. The van der Waals surface area contributed by atoms with Crippen LogP contribution in [0.5, 0.6) is 17.5 Å². The number of amides is 1. The second-order valence-electron chi connectivity index (χ2n) is 5.81. The molecule has 9 heteroatoms. The van der Waals surface area contributed by atoms with Crippen LogP contribution in [0.4, 0.5) is 5.69 Å². The van der Waals surface area contributed by atoms with Gasteiger partial charge in [-0.15, -0.1) is 0 Å². The number of rotatable bonds is 5. The lowest BCUT2D eigenvalue weighted by atomic mass is 10.1. The molecule has 3 aromatic heterocycles. The van der Waals surface area contributed by atoms with E-state index in [1.54, 1.807) is 42.6 Å². The molecule has 138 valence electrons. The van der Waals surface area contributed by atoms with E-state index in [4.69, 9.17) is 14.2 Å². The smallest absolute Gasteiger partial charge is 0.260 e. The number of methoxy groups -OCH3 is 3. The molecule has 4 heterocycles. The van der Waals surface area contributed by atoms with Gasteiger partial charge in [0.1, 0.15) is 5.69 Å². The van der Waals surface area contributed by atoms with Crippen molar-refractivity contribution in [1.29, 1.82) is 0 Å². The van der Waals surface area contributed by atoms with Crippen molar-refractivity contribution in [1.82, 2.24) is 20.2 Å². The van der Waals surface area contributed by atoms with Gasteiger partial charge >= 0.3 is 0 Å². The zero-order valence-electron chi connectivity index (χ0n) is 15.0. The highest BCUT2D eigenvalue weighted by Crippen LogP contribution is 2.34. The highest BCUT2D eigenvalue weighted by molar-refractivity contribution is 6.10. The van der Waals surface area contributed by atoms with Crippen LogP contribution in [0.2, 0.25) is 0 Å². The van der Waals surface area contributed by atoms with Gasteiger partial charge < -0.3 is 14.2 Å². The number of carbonyl (C=O) groups is 1. The Hall–Kier alpha value is -3.62. The van der Waals surface area contributed by atoms with Gasteiger partial charge in [0.2, 0.25) is 5.88 Å². The SMILES string of the molecule is COc1cc(-c2ccc3c(n2)CN(c2cn[nH]c2OC)C3=O)cnc1OC. The van der Waals surface area contributed by atoms with Crippen molar-refractivity contribution in [2.75, 3.05) is 26.2 Å². The van der Waals surface area contributed by atoms with Gasteiger partial charge in [0, 0.05) is 11.8 Å². The minimum absolute atomic E-state index is 0.144. The third kappa shape index (κ3) is 2.73. The summed E-state index contributed by atoms with van der Waals surface area (Å²) < 4.78 is 15.7. The van der Waals surface area contributed by atoms with Gasteiger partial charge in [-0.1, -0.05) is 0 Å². The summed E-state index contributed by atoms with van der Waals surface area (Å²) in [6.45, 7) is 0.332. The summed E-state index contributed by atoms with van der Waals surface area (Å²) in [5.74, 6) is 1.20. The van der Waals surface area contributed by atoms with Crippen molar-refractivity contribution in [3.05, 3.63) is 41.9 Å². The Morgan fingerprint density at radius 1 is 1.11 bits per heavy atom. The molecule has 27 heavy (non-hydrogen) atoms. The van der Waals surface area contributed by atoms with Crippen LogP contribution in [0.1, 0.15) is 16.1 Å². The number of carbonyl (C=O) groups excluding carboxylic acids is 1. The van der Waals surface area contributed by atoms with E-state index >= 15 is 0 Å². The first kappa shape index (κ1) is 16.8. The van der Waals surface area contributed by atoms with Crippen molar-refractivity contribution in [2.45, 2.75) is 6.54 Å². The molecule has 0 fully saturated rings. The number of anilines is 1. The van der Waals surface area contributed by atoms with E-state index in [0.29, 0.717) is 46.7 Å². The minimum Gasteiger partial charge on any atom is -0.491 e. The number of fused-ring (bicyclic) bond motifs is 1. The van der Waals surface area contributed by atoms with Crippen molar-refractivity contribution in [3.8, 4) is 28.8 Å². The van der Waals surface area contributed by atoms with E-state index in [-0.39, 0.29) is 5.91 Å². The minimum atomic E-state index is -0.144. The number of nitrogens with one attached hydrogen (secondary N) is 1. The van der Waals surface area contributed by atoms with Crippen LogP contribution in [-0.2, 0) is 6.54 Å². The molecular formula is C18H17N5O4. The maximum atomic E-state index is 12.7. The van der Waals surface area contributed by atoms with Crippen molar-refractivity contribution >= 4 is 11.6 Å². The molecule has 9 nitrogen and oxygen atoms in total. The Morgan fingerprint density at radius 3 is 2.70 bits per heavy atom. The molecule has 0 bridgehead atoms. The molecule has 3 aromatic rings. The van der Waals surface area contributed by atoms with E-state index < -0.39 is 0 Å². The largest absolute Gasteiger partial charge is 0.491 e. The predicted molar refractivity (Wildman–Crippen MR) is 96.2 cm³/mol. The zero-order valence-corrected chi connectivity index (χ0v) is 15.0. The van der Waals surface area contributed by atoms with E-state index in [1.165, 1.54) is 14.2 Å². The summed E-state index contributed by atoms with van der Waals surface area (Å²) in [6, 6.07) is 5.35. The molecule has 0 unspecified atom stereocenters. The number of aromatic amines is 1. The first-order chi connectivity index (χ1) is 13.2. The molecule has 0 aromatic carbocycles. The summed E-state index contributed by atoms with van der Waals surface area (Å²) in [4.78, 5) is 23.2. The summed E-state index contributed by atoms with van der Waals surface area (Å²) in [6.07, 6.45) is 3.21. The maximum absolute atomic E-state index is 12.7. The van der Waals surface area contributed by atoms with Gasteiger partial charge in [0.25, 0.3) is 11.8 Å². The zero-order chi connectivity index (χ0) is 19.0. The lowest BCUT2D eigenvalue weighted by Crippen LogP contribution is -2.23.